The maximum atomic E-state index is 14.1. The molecule has 0 aromatic heterocycles. The van der Waals surface area contributed by atoms with Crippen LogP contribution in [0.1, 0.15) is 25.7 Å². The van der Waals surface area contributed by atoms with E-state index in [1.807, 2.05) is 0 Å². The second kappa shape index (κ2) is 7.39. The Labute approximate surface area is 158 Å². The molecule has 0 bridgehead atoms. The maximum absolute atomic E-state index is 14.1. The molecule has 0 amide bonds. The van der Waals surface area contributed by atoms with Crippen LogP contribution in [0.15, 0.2) is 23.1 Å². The monoisotopic (exact) mass is 401 g/mol. The van der Waals surface area contributed by atoms with Crippen LogP contribution in [-0.2, 0) is 19.5 Å². The van der Waals surface area contributed by atoms with E-state index in [4.69, 9.17) is 9.47 Å². The fraction of sp³-hybridized carbons (Fsp3) is 0.684. The average molecular weight is 401 g/mol. The van der Waals surface area contributed by atoms with Gasteiger partial charge in [-0.25, -0.2) is 17.2 Å². The van der Waals surface area contributed by atoms with Gasteiger partial charge in [-0.3, -0.25) is 0 Å². The van der Waals surface area contributed by atoms with Crippen LogP contribution in [-0.4, -0.2) is 52.2 Å². The predicted octanol–water partition coefficient (Wildman–Crippen LogP) is 2.81. The van der Waals surface area contributed by atoms with Gasteiger partial charge in [0.05, 0.1) is 6.61 Å². The highest BCUT2D eigenvalue weighted by Gasteiger charge is 2.51. The van der Waals surface area contributed by atoms with Gasteiger partial charge in [0.15, 0.2) is 0 Å². The van der Waals surface area contributed by atoms with Crippen molar-refractivity contribution in [3.05, 3.63) is 29.8 Å². The number of ether oxygens (including phenoxy) is 2. The Hall–Kier alpha value is -1.09. The molecule has 0 unspecified atom stereocenters. The normalized spacial score (nSPS) is 25.9. The summed E-state index contributed by atoms with van der Waals surface area (Å²) in [6.07, 6.45) is 3.90. The Kier molecular flexibility index (Phi) is 5.26. The van der Waals surface area contributed by atoms with Crippen molar-refractivity contribution < 1.29 is 26.7 Å². The Morgan fingerprint density at radius 1 is 1.19 bits per heavy atom. The van der Waals surface area contributed by atoms with E-state index in [9.17, 15) is 17.2 Å². The summed E-state index contributed by atoms with van der Waals surface area (Å²) in [4.78, 5) is -0.593. The summed E-state index contributed by atoms with van der Waals surface area (Å²) in [6.45, 7) is 2.94. The Morgan fingerprint density at radius 3 is 2.63 bits per heavy atom. The highest BCUT2D eigenvalue weighted by atomic mass is 32.2. The van der Waals surface area contributed by atoms with Crippen LogP contribution in [0.4, 0.5) is 8.78 Å². The topological polar surface area (TPSA) is 55.8 Å². The molecule has 2 heterocycles. The zero-order valence-electron chi connectivity index (χ0n) is 15.2. The number of halogens is 2. The lowest BCUT2D eigenvalue weighted by atomic mass is 9.72. The summed E-state index contributed by atoms with van der Waals surface area (Å²) in [5.74, 6) is -1.02. The standard InChI is InChI=1S/C19H25F2NO4S/c20-16-3-4-17(21)18(9-16)27(23,24)22-10-15(12-26-11-14-1-2-14)19(13-22)5-7-25-8-6-19/h3-4,9,14-15H,1-2,5-8,10-13H2/t15-/m1/s1. The molecular formula is C19H25F2NO4S. The molecule has 1 atom stereocenters. The first kappa shape index (κ1) is 19.2. The maximum Gasteiger partial charge on any atom is 0.246 e. The molecule has 1 aliphatic carbocycles. The SMILES string of the molecule is O=S(=O)(c1cc(F)ccc1F)N1C[C@H](COCC2CC2)C2(CCOCC2)C1. The van der Waals surface area contributed by atoms with Gasteiger partial charge in [0, 0.05) is 38.8 Å². The molecule has 27 heavy (non-hydrogen) atoms. The molecule has 5 nitrogen and oxygen atoms in total. The molecule has 0 N–H and O–H groups in total. The van der Waals surface area contributed by atoms with Crippen molar-refractivity contribution >= 4 is 10.0 Å². The molecule has 4 rings (SSSR count). The summed E-state index contributed by atoms with van der Waals surface area (Å²) in [5.41, 5.74) is -0.224. The van der Waals surface area contributed by atoms with Gasteiger partial charge in [-0.2, -0.15) is 4.31 Å². The van der Waals surface area contributed by atoms with E-state index in [0.717, 1.165) is 31.0 Å². The first-order valence-corrected chi connectivity index (χ1v) is 11.0. The number of hydrogen-bond donors (Lipinski definition) is 0. The van der Waals surface area contributed by atoms with Gasteiger partial charge in [0.2, 0.25) is 10.0 Å². The lowest BCUT2D eigenvalue weighted by Gasteiger charge is -2.38. The van der Waals surface area contributed by atoms with Gasteiger partial charge >= 0.3 is 0 Å². The van der Waals surface area contributed by atoms with Crippen LogP contribution in [0.2, 0.25) is 0 Å². The molecule has 1 spiro atoms. The second-order valence-corrected chi connectivity index (χ2v) is 9.93. The van der Waals surface area contributed by atoms with Crippen molar-refractivity contribution in [2.24, 2.45) is 17.3 Å². The first-order valence-electron chi connectivity index (χ1n) is 9.51. The molecule has 150 valence electrons. The zero-order valence-corrected chi connectivity index (χ0v) is 16.0. The van der Waals surface area contributed by atoms with E-state index < -0.39 is 26.6 Å². The molecule has 1 aromatic rings. The molecule has 1 saturated carbocycles. The van der Waals surface area contributed by atoms with E-state index in [2.05, 4.69) is 0 Å². The Balaban J connectivity index is 1.56. The third kappa shape index (κ3) is 3.90. The summed E-state index contributed by atoms with van der Waals surface area (Å²) >= 11 is 0. The van der Waals surface area contributed by atoms with Crippen molar-refractivity contribution in [2.75, 3.05) is 39.5 Å². The van der Waals surface area contributed by atoms with Crippen molar-refractivity contribution in [3.8, 4) is 0 Å². The van der Waals surface area contributed by atoms with Gasteiger partial charge in [-0.05, 0) is 55.2 Å². The summed E-state index contributed by atoms with van der Waals surface area (Å²) < 4.78 is 66.4. The van der Waals surface area contributed by atoms with E-state index in [0.29, 0.717) is 38.9 Å². The minimum Gasteiger partial charge on any atom is -0.381 e. The number of nitrogens with zero attached hydrogens (tertiary/aromatic N) is 1. The molecule has 1 aromatic carbocycles. The lowest BCUT2D eigenvalue weighted by molar-refractivity contribution is -0.0241. The average Bonchev–Trinajstić information content (AvgIpc) is 3.40. The third-order valence-corrected chi connectivity index (χ3v) is 7.98. The van der Waals surface area contributed by atoms with Gasteiger partial charge in [0.1, 0.15) is 16.5 Å². The quantitative estimate of drug-likeness (QED) is 0.736. The largest absolute Gasteiger partial charge is 0.381 e. The summed E-state index contributed by atoms with van der Waals surface area (Å²) in [6, 6.07) is 2.55. The molecular weight excluding hydrogens is 376 g/mol. The van der Waals surface area contributed by atoms with Crippen molar-refractivity contribution in [2.45, 2.75) is 30.6 Å². The van der Waals surface area contributed by atoms with Crippen LogP contribution in [0.3, 0.4) is 0 Å². The molecule has 2 saturated heterocycles. The van der Waals surface area contributed by atoms with Crippen LogP contribution in [0.25, 0.3) is 0 Å². The third-order valence-electron chi connectivity index (χ3n) is 6.15. The number of benzene rings is 1. The Morgan fingerprint density at radius 2 is 1.93 bits per heavy atom. The lowest BCUT2D eigenvalue weighted by Crippen LogP contribution is -2.39. The van der Waals surface area contributed by atoms with Crippen LogP contribution in [0.5, 0.6) is 0 Å². The highest BCUT2D eigenvalue weighted by molar-refractivity contribution is 7.89. The van der Waals surface area contributed by atoms with Gasteiger partial charge in [-0.1, -0.05) is 0 Å². The van der Waals surface area contributed by atoms with E-state index >= 15 is 0 Å². The number of hydrogen-bond acceptors (Lipinski definition) is 4. The minimum absolute atomic E-state index is 0.0338. The zero-order chi connectivity index (χ0) is 19.1. The molecule has 2 aliphatic heterocycles. The fourth-order valence-corrected chi connectivity index (χ4v) is 5.87. The smallest absolute Gasteiger partial charge is 0.246 e. The second-order valence-electron chi connectivity index (χ2n) is 8.02. The highest BCUT2D eigenvalue weighted by Crippen LogP contribution is 2.46. The number of sulfonamides is 1. The molecule has 0 radical (unpaired) electrons. The van der Waals surface area contributed by atoms with Gasteiger partial charge in [0.25, 0.3) is 0 Å². The predicted molar refractivity (Wildman–Crippen MR) is 94.6 cm³/mol. The van der Waals surface area contributed by atoms with E-state index in [1.54, 1.807) is 0 Å². The summed E-state index contributed by atoms with van der Waals surface area (Å²) in [5, 5.41) is 0. The molecule has 3 fully saturated rings. The fourth-order valence-electron chi connectivity index (χ4n) is 4.22. The van der Waals surface area contributed by atoms with Crippen LogP contribution >= 0.6 is 0 Å². The molecule has 8 heteroatoms. The first-order chi connectivity index (χ1) is 12.9. The van der Waals surface area contributed by atoms with Crippen LogP contribution in [0, 0.1) is 28.9 Å². The van der Waals surface area contributed by atoms with Crippen molar-refractivity contribution in [1.29, 1.82) is 0 Å². The number of rotatable bonds is 6. The van der Waals surface area contributed by atoms with Gasteiger partial charge in [-0.15, -0.1) is 0 Å². The van der Waals surface area contributed by atoms with Crippen molar-refractivity contribution in [3.63, 3.8) is 0 Å². The summed E-state index contributed by atoms with van der Waals surface area (Å²) in [7, 11) is -4.11. The van der Waals surface area contributed by atoms with Gasteiger partial charge < -0.3 is 9.47 Å². The molecule has 3 aliphatic rings. The van der Waals surface area contributed by atoms with Crippen LogP contribution < -0.4 is 0 Å². The minimum atomic E-state index is -4.11. The van der Waals surface area contributed by atoms with E-state index in [1.165, 1.54) is 17.1 Å². The van der Waals surface area contributed by atoms with Crippen molar-refractivity contribution in [1.82, 2.24) is 4.31 Å². The van der Waals surface area contributed by atoms with E-state index in [-0.39, 0.29) is 17.9 Å². The Bertz CT molecular complexity index is 791.